The molecule has 4 aliphatic heterocycles. The Morgan fingerprint density at radius 3 is 1.94 bits per heavy atom. The predicted octanol–water partition coefficient (Wildman–Crippen LogP) is 2.03. The first-order chi connectivity index (χ1) is 42.8. The summed E-state index contributed by atoms with van der Waals surface area (Å²) in [5, 5.41) is 13.1. The van der Waals surface area contributed by atoms with Gasteiger partial charge in [0.1, 0.15) is 49.2 Å². The number of anilines is 3. The van der Waals surface area contributed by atoms with Gasteiger partial charge in [0.2, 0.25) is 17.7 Å². The number of imide groups is 1. The minimum atomic E-state index is -4.42. The summed E-state index contributed by atoms with van der Waals surface area (Å²) in [4.78, 5) is 149. The number of Topliss-reactive ketones (excluding diaryl/α,β-unsaturated/α-hetero) is 1. The average Bonchev–Trinajstić information content (AvgIpc) is 1.82. The summed E-state index contributed by atoms with van der Waals surface area (Å²) in [6.07, 6.45) is -7.70. The number of nitrogens with two attached hydrogens (primary N) is 2. The number of nitrogens with one attached hydrogen (secondary N) is 5. The zero-order valence-corrected chi connectivity index (χ0v) is 51.2. The van der Waals surface area contributed by atoms with E-state index in [1.165, 1.54) is 10.9 Å². The van der Waals surface area contributed by atoms with Gasteiger partial charge in [-0.2, -0.15) is 0 Å². The van der Waals surface area contributed by atoms with Crippen LogP contribution in [0.1, 0.15) is 70.4 Å². The Morgan fingerprint density at radius 1 is 0.767 bits per heavy atom. The molecule has 4 aliphatic rings. The Balaban J connectivity index is 0.728. The number of halogens is 2. The van der Waals surface area contributed by atoms with Crippen LogP contribution in [0.3, 0.4) is 0 Å². The molecule has 9 rings (SSSR count). The second-order valence-electron chi connectivity index (χ2n) is 21.2. The first kappa shape index (κ1) is 66.9. The van der Waals surface area contributed by atoms with Gasteiger partial charge in [0.15, 0.2) is 59.0 Å². The number of benzene rings is 1. The molecule has 484 valence electrons. The van der Waals surface area contributed by atoms with Crippen LogP contribution in [0, 0.1) is 11.8 Å². The lowest BCUT2D eigenvalue weighted by Crippen LogP contribution is -2.46. The first-order valence-electron chi connectivity index (χ1n) is 27.9. The maximum Gasteiger partial charge on any atom is 0.407 e. The number of hydrogen-bond acceptors (Lipinski definition) is 24. The quantitative estimate of drug-likeness (QED) is 0.0257. The fourth-order valence-electron chi connectivity index (χ4n) is 9.99. The van der Waals surface area contributed by atoms with Crippen molar-refractivity contribution in [3.05, 3.63) is 67.3 Å². The van der Waals surface area contributed by atoms with Crippen molar-refractivity contribution in [2.45, 2.75) is 114 Å². The minimum absolute atomic E-state index is 0.00851. The number of aromatic nitrogens is 8. The van der Waals surface area contributed by atoms with E-state index in [0.717, 1.165) is 40.6 Å². The van der Waals surface area contributed by atoms with Crippen LogP contribution in [-0.2, 0) is 91.3 Å². The molecule has 90 heavy (non-hydrogen) atoms. The largest absolute Gasteiger partial charge is 0.445 e. The van der Waals surface area contributed by atoms with Crippen LogP contribution in [0.25, 0.3) is 22.3 Å². The molecule has 0 saturated carbocycles. The number of carbonyl (C=O) groups is 8. The summed E-state index contributed by atoms with van der Waals surface area (Å²) < 4.78 is 75.1. The molecule has 1 aromatic carbocycles. The first-order valence-corrected chi connectivity index (χ1v) is 33.0. The van der Waals surface area contributed by atoms with Crippen molar-refractivity contribution in [2.24, 2.45) is 17.6 Å². The summed E-state index contributed by atoms with van der Waals surface area (Å²) in [6, 6.07) is 4.55. The lowest BCUT2D eigenvalue weighted by molar-refractivity contribution is -0.137. The van der Waals surface area contributed by atoms with Gasteiger partial charge in [0.05, 0.1) is 31.9 Å². The fourth-order valence-corrected chi connectivity index (χ4v) is 12.9. The molecule has 0 radical (unpaired) electrons. The Hall–Kier alpha value is -7.54. The molecule has 33 nitrogen and oxygen atoms in total. The van der Waals surface area contributed by atoms with Crippen LogP contribution in [-0.4, -0.2) is 177 Å². The second kappa shape index (κ2) is 29.2. The van der Waals surface area contributed by atoms with E-state index in [2.05, 4.69) is 56.5 Å². The molecule has 12 atom stereocenters. The maximum atomic E-state index is 16.7. The van der Waals surface area contributed by atoms with Gasteiger partial charge in [-0.05, 0) is 66.5 Å². The number of imidazole rings is 2. The highest BCUT2D eigenvalue weighted by Gasteiger charge is 2.54. The Morgan fingerprint density at radius 2 is 1.34 bits per heavy atom. The maximum absolute atomic E-state index is 16.7. The van der Waals surface area contributed by atoms with Crippen LogP contribution in [0.2, 0.25) is 0 Å². The number of rotatable bonds is 23. The zero-order valence-electron chi connectivity index (χ0n) is 47.8. The van der Waals surface area contributed by atoms with E-state index in [4.69, 9.17) is 67.4 Å². The second-order valence-corrected chi connectivity index (χ2v) is 26.7. The Labute approximate surface area is 519 Å². The summed E-state index contributed by atoms with van der Waals surface area (Å²) in [5.41, 5.74) is 12.2. The summed E-state index contributed by atoms with van der Waals surface area (Å²) in [5.74, 6) is -4.51. The van der Waals surface area contributed by atoms with Crippen LogP contribution in [0.5, 0.6) is 0 Å². The molecule has 2 unspecified atom stereocenters. The molecule has 8 amide bonds. The van der Waals surface area contributed by atoms with E-state index in [0.29, 0.717) is 11.3 Å². The van der Waals surface area contributed by atoms with Crippen LogP contribution >= 0.6 is 13.4 Å². The van der Waals surface area contributed by atoms with Gasteiger partial charge >= 0.3 is 25.6 Å². The third-order valence-corrected chi connectivity index (χ3v) is 17.6. The molecular formula is C51H62F2N16O17P2S2. The molecule has 0 aliphatic carbocycles. The molecular weight excluding hydrogens is 1270 g/mol. The number of nitrogen functional groups attached to an aromatic ring is 1. The summed E-state index contributed by atoms with van der Waals surface area (Å²) in [7, 11) is 0. The topological polar surface area (TPSA) is 444 Å². The molecule has 3 saturated heterocycles. The van der Waals surface area contributed by atoms with E-state index < -0.39 is 135 Å². The van der Waals surface area contributed by atoms with Gasteiger partial charge in [-0.3, -0.25) is 51.8 Å². The molecule has 0 bridgehead atoms. The number of alkyl carbamates (subject to hydrolysis) is 1. The Bertz CT molecular complexity index is 3650. The van der Waals surface area contributed by atoms with Crippen molar-refractivity contribution in [3.8, 4) is 0 Å². The Kier molecular flexibility index (Phi) is 21.7. The van der Waals surface area contributed by atoms with E-state index in [1.54, 1.807) is 38.1 Å². The van der Waals surface area contributed by atoms with Crippen molar-refractivity contribution in [1.29, 1.82) is 0 Å². The zero-order chi connectivity index (χ0) is 64.6. The van der Waals surface area contributed by atoms with Crippen molar-refractivity contribution in [1.82, 2.24) is 59.9 Å². The number of alkyl halides is 2. The monoisotopic (exact) mass is 1330 g/mol. The average molecular weight is 1340 g/mol. The summed E-state index contributed by atoms with van der Waals surface area (Å²) >= 11 is 10.5. The van der Waals surface area contributed by atoms with E-state index in [-0.39, 0.29) is 105 Å². The molecule has 39 heteroatoms. The molecule has 5 aromatic rings. The van der Waals surface area contributed by atoms with Gasteiger partial charge in [0.25, 0.3) is 11.8 Å². The highest BCUT2D eigenvalue weighted by Crippen LogP contribution is 2.55. The number of hydrogen-bond donors (Lipinski definition) is 9. The molecule has 11 N–H and O–H groups in total. The minimum Gasteiger partial charge on any atom is -0.445 e. The van der Waals surface area contributed by atoms with Crippen LogP contribution in [0.15, 0.2) is 61.7 Å². The number of ketones is 1. The smallest absolute Gasteiger partial charge is 0.407 e. The van der Waals surface area contributed by atoms with Crippen molar-refractivity contribution in [3.63, 3.8) is 0 Å². The van der Waals surface area contributed by atoms with Crippen molar-refractivity contribution in [2.75, 3.05) is 49.2 Å². The molecule has 4 aromatic heterocycles. The molecule has 8 heterocycles. The van der Waals surface area contributed by atoms with Gasteiger partial charge in [-0.25, -0.2) is 48.3 Å². The van der Waals surface area contributed by atoms with E-state index in [1.807, 2.05) is 0 Å². The van der Waals surface area contributed by atoms with Crippen LogP contribution in [0.4, 0.5) is 35.7 Å². The number of amides is 8. The number of carbonyl (C=O) groups excluding carboxylic acids is 8. The van der Waals surface area contributed by atoms with Gasteiger partial charge in [-0.15, -0.1) is 0 Å². The molecule has 3 fully saturated rings. The predicted molar refractivity (Wildman–Crippen MR) is 316 cm³/mol. The number of nitrogens with zero attached hydrogens (tertiary/aromatic N) is 9. The lowest BCUT2D eigenvalue weighted by atomic mass is 9.89. The number of ether oxygens (including phenoxy) is 3. The standard InChI is InChI=1S/C51H62F2N16O17P2S2/c1-25(2)38(65-33(72)13-16-67-34(73)11-12-35(67)74)29(70)17-27(5-3-14-56-50(55)76)47(75)64-28-9-7-26(8-10-28)18-80-51(77)57-15-4-6-32(71)66-44-40-46(61-22-59-44)69(24-63-40)49-37(53)42-31(84-49)20-82-87(78,89)85-41-30(19-81-88(79,90)86-42)83-48(36(41)52)68-23-62-39-43(54)58-21-60-45(39)68/h7-12,21-25,27,30-31,36-38,41-42,48-49H,3-6,13-20H2,1-2H3,(H,57,77)(H,64,75)(H,65,72)(H,78,89)(H,79,90)(H2,54,58,60)(H3,55,56,76)(H,59,61,66,71)/t27-,30-,31-,36-,37-,38+,41-,42-,48-,49-,87?,88?/m1/s1. The fraction of sp³-hybridized carbons (Fsp3) is 0.490. The highest BCUT2D eigenvalue weighted by molar-refractivity contribution is 8.07. The van der Waals surface area contributed by atoms with Gasteiger partial charge in [0, 0.05) is 62.7 Å². The van der Waals surface area contributed by atoms with Crippen molar-refractivity contribution >= 4 is 124 Å². The number of fused-ring (bicyclic) bond motifs is 4. The van der Waals surface area contributed by atoms with Crippen LogP contribution < -0.4 is 38.1 Å². The third-order valence-electron chi connectivity index (χ3n) is 14.5. The van der Waals surface area contributed by atoms with E-state index in [9.17, 15) is 48.1 Å². The van der Waals surface area contributed by atoms with Gasteiger partial charge < -0.3 is 71.1 Å². The van der Waals surface area contributed by atoms with E-state index >= 15 is 8.78 Å². The van der Waals surface area contributed by atoms with Crippen molar-refractivity contribution < 1.29 is 89.2 Å². The highest BCUT2D eigenvalue weighted by atomic mass is 32.5. The number of urea groups is 1. The van der Waals surface area contributed by atoms with Gasteiger partial charge in [-0.1, -0.05) is 26.0 Å². The normalized spacial score (nSPS) is 25.8. The third kappa shape index (κ3) is 16.5. The molecule has 0 spiro atoms. The summed E-state index contributed by atoms with van der Waals surface area (Å²) in [6.45, 7) is -7.02. The number of primary amides is 1. The SMILES string of the molecule is CC(C)[C@H](NC(=O)CCN1C(=O)C=CC1=O)C(=O)C[C@@H](CCCNC(N)=O)C(=O)Nc1ccc(COC(=O)NCCCC(=O)Nc2ncnc3c2ncn3[C@@H]2O[C@@H]3COP(O)(=S)O[C@H]4[C@@H](F)[C@H](n5cnc6c(N)ncnc65)O[C@@H]4COP(O)(=S)O[C@H]3[C@H]2F)cc1. The lowest BCUT2D eigenvalue weighted by Gasteiger charge is -2.29.